The van der Waals surface area contributed by atoms with Gasteiger partial charge in [0.25, 0.3) is 0 Å². The first-order chi connectivity index (χ1) is 13.7. The fourth-order valence-corrected chi connectivity index (χ4v) is 3.27. The number of hydrogen-bond donors (Lipinski definition) is 1. The lowest BCUT2D eigenvalue weighted by Gasteiger charge is -2.27. The molecule has 1 aliphatic heterocycles. The van der Waals surface area contributed by atoms with Gasteiger partial charge in [0.15, 0.2) is 0 Å². The van der Waals surface area contributed by atoms with E-state index in [1.54, 1.807) is 32.9 Å². The molecule has 0 aromatic heterocycles. The van der Waals surface area contributed by atoms with Gasteiger partial charge < -0.3 is 14.8 Å². The number of carbonyl (C=O) groups is 3. The van der Waals surface area contributed by atoms with E-state index in [1.165, 1.54) is 4.90 Å². The van der Waals surface area contributed by atoms with E-state index in [0.29, 0.717) is 37.3 Å². The van der Waals surface area contributed by atoms with Crippen molar-refractivity contribution in [2.75, 3.05) is 6.54 Å². The zero-order valence-electron chi connectivity index (χ0n) is 17.2. The number of benzene rings is 1. The van der Waals surface area contributed by atoms with Crippen LogP contribution in [0.15, 0.2) is 24.3 Å². The number of likely N-dealkylation sites (tertiary alicyclic amines) is 1. The molecule has 0 aliphatic carbocycles. The first kappa shape index (κ1) is 23.0. The van der Waals surface area contributed by atoms with Crippen molar-refractivity contribution in [3.05, 3.63) is 34.9 Å². The van der Waals surface area contributed by atoms with Crippen LogP contribution in [0.4, 0.5) is 9.59 Å². The summed E-state index contributed by atoms with van der Waals surface area (Å²) in [7, 11) is 0. The second kappa shape index (κ2) is 10.5. The molecule has 1 heterocycles. The molecule has 7 nitrogen and oxygen atoms in total. The number of rotatable bonds is 7. The molecule has 2 rings (SSSR count). The van der Waals surface area contributed by atoms with Gasteiger partial charge >= 0.3 is 12.2 Å². The molecule has 0 unspecified atom stereocenters. The Morgan fingerprint density at radius 1 is 1.24 bits per heavy atom. The molecular weight excluding hydrogens is 396 g/mol. The summed E-state index contributed by atoms with van der Waals surface area (Å²) in [5.74, 6) is -0.189. The molecule has 1 aromatic carbocycles. The highest BCUT2D eigenvalue weighted by Gasteiger charge is 2.37. The Morgan fingerprint density at radius 2 is 1.97 bits per heavy atom. The predicted molar refractivity (Wildman–Crippen MR) is 110 cm³/mol. The van der Waals surface area contributed by atoms with Crippen LogP contribution in [-0.4, -0.2) is 41.2 Å². The van der Waals surface area contributed by atoms with Gasteiger partial charge in [-0.3, -0.25) is 4.79 Å². The molecule has 1 aromatic rings. The zero-order valence-corrected chi connectivity index (χ0v) is 18.0. The van der Waals surface area contributed by atoms with Crippen molar-refractivity contribution in [3.63, 3.8) is 0 Å². The van der Waals surface area contributed by atoms with E-state index in [0.717, 1.165) is 12.0 Å². The Kier molecular flexibility index (Phi) is 8.32. The molecular formula is C21H29ClN2O5. The first-order valence-electron chi connectivity index (χ1n) is 9.86. The third-order valence-corrected chi connectivity index (χ3v) is 4.83. The number of hydrogen-bond acceptors (Lipinski definition) is 5. The molecule has 8 heteroatoms. The number of unbranched alkanes of at least 4 members (excludes halogenated alkanes) is 1. The van der Waals surface area contributed by atoms with Crippen molar-refractivity contribution in [2.45, 2.75) is 71.1 Å². The Morgan fingerprint density at radius 3 is 2.66 bits per heavy atom. The predicted octanol–water partition coefficient (Wildman–Crippen LogP) is 4.66. The number of ether oxygens (including phenoxy) is 2. The quantitative estimate of drug-likeness (QED) is 0.643. The van der Waals surface area contributed by atoms with Gasteiger partial charge in [0.1, 0.15) is 12.2 Å². The number of alkyl carbamates (subject to hydrolysis) is 1. The second-order valence-electron chi connectivity index (χ2n) is 8.03. The monoisotopic (exact) mass is 424 g/mol. The molecule has 1 atom stereocenters. The Balaban J connectivity index is 1.66. The molecule has 160 valence electrons. The fraction of sp³-hybridized carbons (Fsp3) is 0.571. The number of amides is 3. The van der Waals surface area contributed by atoms with E-state index >= 15 is 0 Å². The molecule has 0 saturated carbocycles. The number of nitrogens with one attached hydrogen (secondary N) is 1. The minimum absolute atomic E-state index is 0.112. The minimum atomic E-state index is -0.640. The molecule has 0 radical (unpaired) electrons. The van der Waals surface area contributed by atoms with Gasteiger partial charge in [0.05, 0.1) is 0 Å². The number of halogens is 1. The van der Waals surface area contributed by atoms with Crippen LogP contribution in [0.3, 0.4) is 0 Å². The van der Waals surface area contributed by atoms with Gasteiger partial charge in [-0.15, -0.1) is 0 Å². The Labute approximate surface area is 176 Å². The molecule has 1 N–H and O–H groups in total. The van der Waals surface area contributed by atoms with Gasteiger partial charge in [-0.1, -0.05) is 29.8 Å². The standard InChI is InChI=1S/C21H29ClN2O5/c1-21(2,3)29-20(27)24-16(11-12-18(24)25)9-6-7-13-23-19(26)28-14-15-8-4-5-10-17(15)22/h4-5,8,10,16H,6-7,9,11-14H2,1-3H3,(H,23,26)/t16-/m0/s1. The van der Waals surface area contributed by atoms with E-state index in [9.17, 15) is 14.4 Å². The lowest BCUT2D eigenvalue weighted by Crippen LogP contribution is -2.42. The lowest BCUT2D eigenvalue weighted by molar-refractivity contribution is -0.128. The van der Waals surface area contributed by atoms with Gasteiger partial charge in [-0.25, -0.2) is 14.5 Å². The summed E-state index contributed by atoms with van der Waals surface area (Å²) < 4.78 is 10.5. The van der Waals surface area contributed by atoms with E-state index in [4.69, 9.17) is 21.1 Å². The van der Waals surface area contributed by atoms with Gasteiger partial charge in [-0.05, 0) is 52.5 Å². The number of imide groups is 1. The molecule has 1 aliphatic rings. The van der Waals surface area contributed by atoms with Gasteiger partial charge in [0.2, 0.25) is 5.91 Å². The SMILES string of the molecule is CC(C)(C)OC(=O)N1C(=O)CC[C@@H]1CCCCNC(=O)OCc1ccccc1Cl. The van der Waals surface area contributed by atoms with Crippen molar-refractivity contribution >= 4 is 29.7 Å². The van der Waals surface area contributed by atoms with E-state index < -0.39 is 17.8 Å². The maximum atomic E-state index is 12.3. The first-order valence-corrected chi connectivity index (χ1v) is 10.2. The Bertz CT molecular complexity index is 732. The third-order valence-electron chi connectivity index (χ3n) is 4.47. The third kappa shape index (κ3) is 7.57. The average molecular weight is 425 g/mol. The fourth-order valence-electron chi connectivity index (χ4n) is 3.08. The van der Waals surface area contributed by atoms with Crippen molar-refractivity contribution < 1.29 is 23.9 Å². The Hall–Kier alpha value is -2.28. The van der Waals surface area contributed by atoms with Crippen molar-refractivity contribution in [3.8, 4) is 0 Å². The lowest BCUT2D eigenvalue weighted by atomic mass is 10.1. The van der Waals surface area contributed by atoms with Gasteiger partial charge in [-0.2, -0.15) is 0 Å². The van der Waals surface area contributed by atoms with Crippen LogP contribution >= 0.6 is 11.6 Å². The molecule has 0 bridgehead atoms. The van der Waals surface area contributed by atoms with Crippen LogP contribution in [0, 0.1) is 0 Å². The highest BCUT2D eigenvalue weighted by molar-refractivity contribution is 6.31. The van der Waals surface area contributed by atoms with Crippen LogP contribution in [0.25, 0.3) is 0 Å². The van der Waals surface area contributed by atoms with Crippen LogP contribution in [-0.2, 0) is 20.9 Å². The minimum Gasteiger partial charge on any atom is -0.445 e. The molecule has 29 heavy (non-hydrogen) atoms. The molecule has 0 spiro atoms. The van der Waals surface area contributed by atoms with Crippen LogP contribution in [0.1, 0.15) is 58.4 Å². The highest BCUT2D eigenvalue weighted by atomic mass is 35.5. The summed E-state index contributed by atoms with van der Waals surface area (Å²) in [4.78, 5) is 37.3. The molecule has 1 fully saturated rings. The van der Waals surface area contributed by atoms with E-state index in [2.05, 4.69) is 5.32 Å². The smallest absolute Gasteiger partial charge is 0.417 e. The van der Waals surface area contributed by atoms with Crippen molar-refractivity contribution in [2.24, 2.45) is 0 Å². The average Bonchev–Trinajstić information content (AvgIpc) is 3.00. The van der Waals surface area contributed by atoms with Crippen LogP contribution in [0.2, 0.25) is 5.02 Å². The molecule has 1 saturated heterocycles. The van der Waals surface area contributed by atoms with E-state index in [-0.39, 0.29) is 18.6 Å². The normalized spacial score (nSPS) is 16.6. The van der Waals surface area contributed by atoms with Gasteiger partial charge in [0, 0.05) is 29.6 Å². The topological polar surface area (TPSA) is 84.9 Å². The van der Waals surface area contributed by atoms with Crippen LogP contribution < -0.4 is 5.32 Å². The largest absolute Gasteiger partial charge is 0.445 e. The second-order valence-corrected chi connectivity index (χ2v) is 8.43. The summed E-state index contributed by atoms with van der Waals surface area (Å²) in [5, 5.41) is 3.25. The maximum absolute atomic E-state index is 12.3. The summed E-state index contributed by atoms with van der Waals surface area (Å²) >= 11 is 6.02. The van der Waals surface area contributed by atoms with Crippen LogP contribution in [0.5, 0.6) is 0 Å². The number of nitrogens with zero attached hydrogens (tertiary/aromatic N) is 1. The summed E-state index contributed by atoms with van der Waals surface area (Å²) in [6.07, 6.45) is 2.09. The maximum Gasteiger partial charge on any atom is 0.417 e. The molecule has 3 amide bonds. The zero-order chi connectivity index (χ0) is 21.4. The van der Waals surface area contributed by atoms with Crippen molar-refractivity contribution in [1.82, 2.24) is 10.2 Å². The number of carbonyl (C=O) groups excluding carboxylic acids is 3. The summed E-state index contributed by atoms with van der Waals surface area (Å²) in [6, 6.07) is 7.04. The van der Waals surface area contributed by atoms with E-state index in [1.807, 2.05) is 12.1 Å². The van der Waals surface area contributed by atoms with Crippen molar-refractivity contribution in [1.29, 1.82) is 0 Å². The summed E-state index contributed by atoms with van der Waals surface area (Å²) in [5.41, 5.74) is 0.108. The highest BCUT2D eigenvalue weighted by Crippen LogP contribution is 2.25. The summed E-state index contributed by atoms with van der Waals surface area (Å²) in [6.45, 7) is 5.89.